The van der Waals surface area contributed by atoms with Crippen molar-refractivity contribution < 1.29 is 18.5 Å². The lowest BCUT2D eigenvalue weighted by atomic mass is 9.95. The number of carbonyl (C=O) groups is 1. The molecule has 1 aromatic carbocycles. The molecular weight excluding hydrogens is 289 g/mol. The molecule has 2 aromatic rings. The van der Waals surface area contributed by atoms with E-state index in [-0.39, 0.29) is 12.2 Å². The van der Waals surface area contributed by atoms with Gasteiger partial charge in [0.1, 0.15) is 11.6 Å². The van der Waals surface area contributed by atoms with E-state index in [0.29, 0.717) is 22.9 Å². The number of carbonyl (C=O) groups excluding carboxylic acids is 1. The van der Waals surface area contributed by atoms with Crippen LogP contribution in [0.15, 0.2) is 40.0 Å². The van der Waals surface area contributed by atoms with E-state index in [9.17, 15) is 9.18 Å². The number of rotatable bonds is 3. The van der Waals surface area contributed by atoms with Crippen molar-refractivity contribution in [1.82, 2.24) is 5.16 Å². The van der Waals surface area contributed by atoms with Crippen molar-refractivity contribution in [3.63, 3.8) is 0 Å². The third kappa shape index (κ3) is 2.69. The summed E-state index contributed by atoms with van der Waals surface area (Å²) in [4.78, 5) is 17.6. The van der Waals surface area contributed by atoms with Gasteiger partial charge in [0.2, 0.25) is 5.60 Å². The van der Waals surface area contributed by atoms with Gasteiger partial charge in [-0.15, -0.1) is 0 Å². The van der Waals surface area contributed by atoms with Gasteiger partial charge in [-0.05, 0) is 26.0 Å². The molecule has 6 nitrogen and oxygen atoms in total. The Bertz CT molecular complexity index is 756. The predicted molar refractivity (Wildman–Crippen MR) is 76.9 cm³/mol. The molecule has 0 fully saturated rings. The molecule has 0 unspecified atom stereocenters. The highest BCUT2D eigenvalue weighted by atomic mass is 19.1. The van der Waals surface area contributed by atoms with Crippen LogP contribution in [0.1, 0.15) is 24.7 Å². The van der Waals surface area contributed by atoms with E-state index in [2.05, 4.69) is 15.6 Å². The number of oxime groups is 1. The number of amides is 1. The molecule has 0 radical (unpaired) electrons. The second-order valence-electron chi connectivity index (χ2n) is 5.32. The van der Waals surface area contributed by atoms with Gasteiger partial charge in [0, 0.05) is 18.1 Å². The van der Waals surface area contributed by atoms with Crippen molar-refractivity contribution in [2.75, 3.05) is 5.32 Å². The van der Waals surface area contributed by atoms with Crippen molar-refractivity contribution in [3.05, 3.63) is 47.5 Å². The molecule has 1 aliphatic heterocycles. The fraction of sp³-hybridized carbons (Fsp3) is 0.267. The minimum atomic E-state index is -1.17. The number of nitrogens with zero attached hydrogens (tertiary/aromatic N) is 2. The molecule has 0 saturated carbocycles. The molecule has 1 N–H and O–H groups in total. The van der Waals surface area contributed by atoms with E-state index >= 15 is 0 Å². The van der Waals surface area contributed by atoms with Gasteiger partial charge in [0.15, 0.2) is 5.82 Å². The van der Waals surface area contributed by atoms with Crippen LogP contribution in [0.5, 0.6) is 0 Å². The first-order valence-corrected chi connectivity index (χ1v) is 6.72. The average molecular weight is 303 g/mol. The molecule has 1 aliphatic rings. The molecule has 0 bridgehead atoms. The molecule has 0 spiro atoms. The number of aromatic nitrogens is 1. The zero-order valence-electron chi connectivity index (χ0n) is 12.1. The Balaban J connectivity index is 1.72. The molecule has 1 amide bonds. The van der Waals surface area contributed by atoms with Gasteiger partial charge in [0.05, 0.1) is 5.71 Å². The van der Waals surface area contributed by atoms with Crippen LogP contribution in [0.4, 0.5) is 10.2 Å². The van der Waals surface area contributed by atoms with E-state index in [1.54, 1.807) is 32.0 Å². The van der Waals surface area contributed by atoms with Gasteiger partial charge in [0.25, 0.3) is 5.91 Å². The second-order valence-corrected chi connectivity index (χ2v) is 5.32. The molecule has 1 atom stereocenters. The molecule has 0 saturated heterocycles. The lowest BCUT2D eigenvalue weighted by molar-refractivity contribution is -0.136. The second kappa shape index (κ2) is 5.25. The molecular formula is C15H14FN3O3. The van der Waals surface area contributed by atoms with Crippen LogP contribution in [0, 0.1) is 12.7 Å². The highest BCUT2D eigenvalue weighted by Crippen LogP contribution is 2.28. The average Bonchev–Trinajstić information content (AvgIpc) is 3.06. The van der Waals surface area contributed by atoms with Crippen molar-refractivity contribution in [1.29, 1.82) is 0 Å². The SMILES string of the molecule is Cc1cc(NC(=O)[C@]2(C)CC(c3cccc(F)c3)=NO2)no1. The number of benzene rings is 1. The van der Waals surface area contributed by atoms with Gasteiger partial charge in [-0.1, -0.05) is 22.4 Å². The number of anilines is 1. The van der Waals surface area contributed by atoms with E-state index in [1.807, 2.05) is 0 Å². The Morgan fingerprint density at radius 2 is 2.23 bits per heavy atom. The maximum Gasteiger partial charge on any atom is 0.272 e. The van der Waals surface area contributed by atoms with Crippen molar-refractivity contribution >= 4 is 17.4 Å². The van der Waals surface area contributed by atoms with Crippen LogP contribution in [-0.2, 0) is 9.63 Å². The van der Waals surface area contributed by atoms with Crippen molar-refractivity contribution in [2.45, 2.75) is 25.9 Å². The Labute approximate surface area is 125 Å². The number of hydrogen-bond acceptors (Lipinski definition) is 5. The van der Waals surface area contributed by atoms with E-state index in [0.717, 1.165) is 0 Å². The quantitative estimate of drug-likeness (QED) is 0.945. The lowest BCUT2D eigenvalue weighted by Crippen LogP contribution is -2.40. The molecule has 0 aliphatic carbocycles. The fourth-order valence-electron chi connectivity index (χ4n) is 2.16. The molecule has 22 heavy (non-hydrogen) atoms. The minimum Gasteiger partial charge on any atom is -0.379 e. The van der Waals surface area contributed by atoms with E-state index in [1.165, 1.54) is 12.1 Å². The van der Waals surface area contributed by atoms with Crippen molar-refractivity contribution in [2.24, 2.45) is 5.16 Å². The van der Waals surface area contributed by atoms with Crippen LogP contribution in [0.3, 0.4) is 0 Å². The van der Waals surface area contributed by atoms with Gasteiger partial charge in [-0.3, -0.25) is 4.79 Å². The van der Waals surface area contributed by atoms with Crippen LogP contribution in [0.25, 0.3) is 0 Å². The normalized spacial score (nSPS) is 20.4. The van der Waals surface area contributed by atoms with Crippen LogP contribution in [-0.4, -0.2) is 22.4 Å². The third-order valence-corrected chi connectivity index (χ3v) is 3.37. The summed E-state index contributed by atoms with van der Waals surface area (Å²) in [6.45, 7) is 3.34. The summed E-state index contributed by atoms with van der Waals surface area (Å²) in [5.74, 6) is 0.142. The summed E-state index contributed by atoms with van der Waals surface area (Å²) in [6, 6.07) is 7.60. The summed E-state index contributed by atoms with van der Waals surface area (Å²) < 4.78 is 18.2. The highest BCUT2D eigenvalue weighted by Gasteiger charge is 2.42. The number of nitrogens with one attached hydrogen (secondary N) is 1. The van der Waals surface area contributed by atoms with Gasteiger partial charge < -0.3 is 14.7 Å². The van der Waals surface area contributed by atoms with Gasteiger partial charge in [-0.2, -0.15) is 0 Å². The first-order chi connectivity index (χ1) is 10.5. The van der Waals surface area contributed by atoms with E-state index < -0.39 is 11.5 Å². The Morgan fingerprint density at radius 3 is 2.91 bits per heavy atom. The standard InChI is InChI=1S/C15H14FN3O3/c1-9-6-13(19-21-9)17-14(20)15(2)8-12(18-22-15)10-4-3-5-11(16)7-10/h3-7H,8H2,1-2H3,(H,17,19,20)/t15-/m0/s1. The zero-order chi connectivity index (χ0) is 15.7. The van der Waals surface area contributed by atoms with Gasteiger partial charge in [-0.25, -0.2) is 4.39 Å². The third-order valence-electron chi connectivity index (χ3n) is 3.37. The number of hydrogen-bond donors (Lipinski definition) is 1. The lowest BCUT2D eigenvalue weighted by Gasteiger charge is -2.19. The minimum absolute atomic E-state index is 0.235. The van der Waals surface area contributed by atoms with Crippen molar-refractivity contribution in [3.8, 4) is 0 Å². The number of halogens is 1. The first kappa shape index (κ1) is 14.2. The van der Waals surface area contributed by atoms with Crippen LogP contribution in [0.2, 0.25) is 0 Å². The maximum absolute atomic E-state index is 13.3. The predicted octanol–water partition coefficient (Wildman–Crippen LogP) is 2.64. The Morgan fingerprint density at radius 1 is 1.41 bits per heavy atom. The summed E-state index contributed by atoms with van der Waals surface area (Å²) in [7, 11) is 0. The van der Waals surface area contributed by atoms with E-state index in [4.69, 9.17) is 9.36 Å². The summed E-state index contributed by atoms with van der Waals surface area (Å²) >= 11 is 0. The fourth-order valence-corrected chi connectivity index (χ4v) is 2.16. The monoisotopic (exact) mass is 303 g/mol. The van der Waals surface area contributed by atoms with Gasteiger partial charge >= 0.3 is 0 Å². The maximum atomic E-state index is 13.3. The first-order valence-electron chi connectivity index (χ1n) is 6.72. The topological polar surface area (TPSA) is 76.7 Å². The van der Waals surface area contributed by atoms with Crippen LogP contribution >= 0.6 is 0 Å². The number of aryl methyl sites for hydroxylation is 1. The largest absolute Gasteiger partial charge is 0.379 e. The zero-order valence-corrected chi connectivity index (χ0v) is 12.1. The molecule has 1 aromatic heterocycles. The molecule has 7 heteroatoms. The Hall–Kier alpha value is -2.70. The molecule has 2 heterocycles. The smallest absolute Gasteiger partial charge is 0.272 e. The summed E-state index contributed by atoms with van der Waals surface area (Å²) in [5.41, 5.74) is -0.0589. The summed E-state index contributed by atoms with van der Waals surface area (Å²) in [5, 5.41) is 10.2. The molecule has 114 valence electrons. The van der Waals surface area contributed by atoms with Crippen LogP contribution < -0.4 is 5.32 Å². The highest BCUT2D eigenvalue weighted by molar-refractivity contribution is 6.07. The molecule has 3 rings (SSSR count). The Kier molecular flexibility index (Phi) is 3.40. The summed E-state index contributed by atoms with van der Waals surface area (Å²) in [6.07, 6.45) is 0.235.